The third-order valence-electron chi connectivity index (χ3n) is 2.30. The summed E-state index contributed by atoms with van der Waals surface area (Å²) in [6, 6.07) is 5.56. The number of carbonyl (C=O) groups excluding carboxylic acids is 1. The predicted octanol–water partition coefficient (Wildman–Crippen LogP) is 2.33. The van der Waals surface area contributed by atoms with Gasteiger partial charge in [0.1, 0.15) is 5.60 Å². The second-order valence-corrected chi connectivity index (χ2v) is 5.16. The second-order valence-electron chi connectivity index (χ2n) is 5.16. The highest BCUT2D eigenvalue weighted by Gasteiger charge is 2.26. The zero-order valence-corrected chi connectivity index (χ0v) is 11.6. The number of piperazine rings is 1. The lowest BCUT2D eigenvalue weighted by Crippen LogP contribution is -2.50. The van der Waals surface area contributed by atoms with Crippen molar-refractivity contribution in [3.63, 3.8) is 0 Å². The summed E-state index contributed by atoms with van der Waals surface area (Å²) >= 11 is 0. The van der Waals surface area contributed by atoms with E-state index in [2.05, 4.69) is 0 Å². The molecule has 5 nitrogen and oxygen atoms in total. The van der Waals surface area contributed by atoms with Crippen molar-refractivity contribution in [2.75, 3.05) is 36.6 Å². The molecular weight excluding hydrogens is 254 g/mol. The number of carbonyl (C=O) groups is 1. The van der Waals surface area contributed by atoms with E-state index in [4.69, 9.17) is 21.4 Å². The first kappa shape index (κ1) is 7.20. The Morgan fingerprint density at radius 1 is 1.25 bits per heavy atom. The Balaban J connectivity index is 2.73. The Labute approximate surface area is 131 Å². The first-order valence-electron chi connectivity index (χ1n) is 10.1. The monoisotopic (exact) mass is 285 g/mol. The van der Waals surface area contributed by atoms with E-state index in [0.29, 0.717) is 4.90 Å². The van der Waals surface area contributed by atoms with Crippen LogP contribution in [0.3, 0.4) is 0 Å². The summed E-state index contributed by atoms with van der Waals surface area (Å²) in [7, 11) is 0. The first-order valence-corrected chi connectivity index (χ1v) is 6.07. The van der Waals surface area contributed by atoms with Crippen LogP contribution < -0.4 is 10.6 Å². The van der Waals surface area contributed by atoms with Crippen molar-refractivity contribution >= 4 is 17.5 Å². The molecule has 1 amide bonds. The van der Waals surface area contributed by atoms with Crippen LogP contribution in [0.4, 0.5) is 16.2 Å². The van der Waals surface area contributed by atoms with Gasteiger partial charge in [-0.2, -0.15) is 0 Å². The highest BCUT2D eigenvalue weighted by Crippen LogP contribution is 2.23. The van der Waals surface area contributed by atoms with Gasteiger partial charge in [-0.25, -0.2) is 4.79 Å². The van der Waals surface area contributed by atoms with Crippen LogP contribution in [-0.4, -0.2) is 42.6 Å². The molecule has 110 valence electrons. The number of hydrogen-bond acceptors (Lipinski definition) is 4. The van der Waals surface area contributed by atoms with Gasteiger partial charge in [-0.15, -0.1) is 0 Å². The maximum atomic E-state index is 12.6. The van der Waals surface area contributed by atoms with E-state index in [1.807, 2.05) is 0 Å². The Bertz CT molecular complexity index is 751. The lowest BCUT2D eigenvalue weighted by molar-refractivity contribution is 0.0240. The number of rotatable bonds is 1. The summed E-state index contributed by atoms with van der Waals surface area (Å²) in [6.45, 7) is -8.61. The molecular formula is C15H23N3O2. The minimum absolute atomic E-state index is 0.0763. The van der Waals surface area contributed by atoms with Crippen LogP contribution in [-0.2, 0) is 4.74 Å². The largest absolute Gasteiger partial charge is 0.444 e. The SMILES string of the molecule is [2H]C1([2H])N(C(=O)OC(C)(C)C)C([2H])([2H])C([2H])([2H])N(c2ccccc2N)C1([2H])[2H]. The molecule has 0 saturated carbocycles. The van der Waals surface area contributed by atoms with Gasteiger partial charge in [0.2, 0.25) is 0 Å². The maximum Gasteiger partial charge on any atom is 0.410 e. The minimum atomic E-state index is -3.31. The molecule has 0 bridgehead atoms. The van der Waals surface area contributed by atoms with Crippen molar-refractivity contribution < 1.29 is 20.5 Å². The van der Waals surface area contributed by atoms with E-state index >= 15 is 0 Å². The molecule has 2 N–H and O–H groups in total. The van der Waals surface area contributed by atoms with Crippen LogP contribution in [0.1, 0.15) is 31.7 Å². The number of ether oxygens (including phenoxy) is 1. The molecule has 1 aliphatic rings. The number of nitrogens with two attached hydrogens (primary N) is 1. The summed E-state index contributed by atoms with van der Waals surface area (Å²) in [5, 5.41) is 0. The van der Waals surface area contributed by atoms with Gasteiger partial charge in [0, 0.05) is 26.0 Å². The molecule has 1 fully saturated rings. The van der Waals surface area contributed by atoms with Crippen molar-refractivity contribution in [3.8, 4) is 0 Å². The normalized spacial score (nSPS) is 32.1. The molecule has 1 heterocycles. The number of benzene rings is 1. The van der Waals surface area contributed by atoms with Gasteiger partial charge < -0.3 is 20.3 Å². The van der Waals surface area contributed by atoms with Gasteiger partial charge in [0.05, 0.1) is 22.3 Å². The summed E-state index contributed by atoms with van der Waals surface area (Å²) in [6.07, 6.45) is -1.52. The maximum absolute atomic E-state index is 12.6. The third-order valence-corrected chi connectivity index (χ3v) is 2.30. The topological polar surface area (TPSA) is 58.8 Å². The van der Waals surface area contributed by atoms with Gasteiger partial charge >= 0.3 is 6.09 Å². The fourth-order valence-corrected chi connectivity index (χ4v) is 1.47. The molecule has 2 rings (SSSR count). The minimum Gasteiger partial charge on any atom is -0.444 e. The number of amides is 1. The Morgan fingerprint density at radius 3 is 2.40 bits per heavy atom. The van der Waals surface area contributed by atoms with E-state index < -0.39 is 37.7 Å². The van der Waals surface area contributed by atoms with Crippen LogP contribution in [0.5, 0.6) is 0 Å². The predicted molar refractivity (Wildman–Crippen MR) is 80.9 cm³/mol. The molecule has 0 unspecified atom stereocenters. The summed E-state index contributed by atoms with van der Waals surface area (Å²) in [5.41, 5.74) is 4.37. The van der Waals surface area contributed by atoms with E-state index in [-0.39, 0.29) is 16.3 Å². The average Bonchev–Trinajstić information content (AvgIpc) is 2.45. The number of nitrogens with zero attached hydrogens (tertiary/aromatic N) is 2. The molecule has 5 heteroatoms. The number of hydrogen-bond donors (Lipinski definition) is 1. The molecule has 1 aromatic carbocycles. The zero-order valence-electron chi connectivity index (χ0n) is 19.6. The van der Waals surface area contributed by atoms with Crippen molar-refractivity contribution in [2.24, 2.45) is 0 Å². The quantitative estimate of drug-likeness (QED) is 0.805. The van der Waals surface area contributed by atoms with Crippen molar-refractivity contribution in [2.45, 2.75) is 26.4 Å². The standard InChI is InChI=1S/C15H23N3O2/c1-15(2,3)20-14(19)18-10-8-17(9-11-18)13-7-5-4-6-12(13)16/h4-7H,8-11,16H2,1-3H3/i8D2,9D2,10D2,11D2. The summed E-state index contributed by atoms with van der Waals surface area (Å²) < 4.78 is 71.2. The first-order chi connectivity index (χ1) is 12.4. The van der Waals surface area contributed by atoms with Crippen molar-refractivity contribution in [3.05, 3.63) is 24.3 Å². The molecule has 0 atom stereocenters. The zero-order chi connectivity index (χ0) is 21.9. The Kier molecular flexibility index (Phi) is 2.02. The van der Waals surface area contributed by atoms with Gasteiger partial charge in [0.15, 0.2) is 0 Å². The second kappa shape index (κ2) is 5.61. The molecule has 0 aromatic heterocycles. The Hall–Kier alpha value is -1.91. The van der Waals surface area contributed by atoms with Crippen LogP contribution in [0, 0.1) is 0 Å². The fraction of sp³-hybridized carbons (Fsp3) is 0.533. The summed E-state index contributed by atoms with van der Waals surface area (Å²) in [4.78, 5) is 12.7. The number of para-hydroxylation sites is 2. The fourth-order valence-electron chi connectivity index (χ4n) is 1.47. The van der Waals surface area contributed by atoms with Gasteiger partial charge in [-0.1, -0.05) is 12.1 Å². The van der Waals surface area contributed by atoms with E-state index in [0.717, 1.165) is 0 Å². The highest BCUT2D eigenvalue weighted by molar-refractivity contribution is 5.70. The smallest absolute Gasteiger partial charge is 0.410 e. The van der Waals surface area contributed by atoms with Crippen LogP contribution in [0.25, 0.3) is 0 Å². The number of nitrogen functional groups attached to an aromatic ring is 1. The van der Waals surface area contributed by atoms with E-state index in [1.165, 1.54) is 45.0 Å². The molecule has 1 aromatic rings. The van der Waals surface area contributed by atoms with E-state index in [1.54, 1.807) is 0 Å². The molecule has 0 radical (unpaired) electrons. The van der Waals surface area contributed by atoms with Gasteiger partial charge in [0.25, 0.3) is 0 Å². The highest BCUT2D eigenvalue weighted by atomic mass is 16.6. The average molecular weight is 285 g/mol. The Morgan fingerprint density at radius 2 is 1.85 bits per heavy atom. The van der Waals surface area contributed by atoms with Crippen molar-refractivity contribution in [1.29, 1.82) is 0 Å². The molecule has 20 heavy (non-hydrogen) atoms. The molecule has 1 saturated heterocycles. The van der Waals surface area contributed by atoms with Gasteiger partial charge in [-0.3, -0.25) is 0 Å². The molecule has 1 aliphatic heterocycles. The molecule has 0 aliphatic carbocycles. The van der Waals surface area contributed by atoms with Crippen LogP contribution in [0.2, 0.25) is 0 Å². The lowest BCUT2D eigenvalue weighted by atomic mass is 10.2. The van der Waals surface area contributed by atoms with Crippen LogP contribution in [0.15, 0.2) is 24.3 Å². The lowest BCUT2D eigenvalue weighted by Gasteiger charge is -2.37. The summed E-state index contributed by atoms with van der Waals surface area (Å²) in [5.74, 6) is 0. The van der Waals surface area contributed by atoms with Crippen molar-refractivity contribution in [1.82, 2.24) is 4.90 Å². The number of anilines is 2. The third kappa shape index (κ3) is 3.56. The van der Waals surface area contributed by atoms with Gasteiger partial charge in [-0.05, 0) is 32.9 Å². The van der Waals surface area contributed by atoms with Crippen LogP contribution >= 0.6 is 0 Å². The molecule has 0 spiro atoms. The van der Waals surface area contributed by atoms with E-state index in [9.17, 15) is 4.79 Å².